The van der Waals surface area contributed by atoms with Crippen molar-refractivity contribution in [1.29, 1.82) is 0 Å². The van der Waals surface area contributed by atoms with Gasteiger partial charge in [-0.05, 0) is 43.4 Å². The van der Waals surface area contributed by atoms with E-state index in [-0.39, 0.29) is 17.9 Å². The minimum Gasteiger partial charge on any atom is -0.481 e. The number of aliphatic carboxylic acids is 1. The van der Waals surface area contributed by atoms with Crippen LogP contribution in [0.25, 0.3) is 0 Å². The molecular weight excluding hydrogens is 268 g/mol. The van der Waals surface area contributed by atoms with Gasteiger partial charge in [0.25, 0.3) is 0 Å². The molecule has 5 heteroatoms. The Balaban J connectivity index is 1.56. The molecule has 0 aromatic heterocycles. The second-order valence-corrected chi connectivity index (χ2v) is 7.28. The predicted molar refractivity (Wildman–Crippen MR) is 79.0 cm³/mol. The van der Waals surface area contributed by atoms with Crippen LogP contribution in [-0.4, -0.2) is 41.1 Å². The van der Waals surface area contributed by atoms with Crippen LogP contribution in [0.2, 0.25) is 0 Å². The number of nitrogens with zero attached hydrogens (tertiary/aromatic N) is 1. The van der Waals surface area contributed by atoms with Crippen LogP contribution < -0.4 is 5.32 Å². The van der Waals surface area contributed by atoms with Crippen LogP contribution in [-0.2, 0) is 4.79 Å². The molecular formula is C16H26N2O3. The van der Waals surface area contributed by atoms with E-state index in [1.165, 1.54) is 12.8 Å². The summed E-state index contributed by atoms with van der Waals surface area (Å²) >= 11 is 0. The summed E-state index contributed by atoms with van der Waals surface area (Å²) in [6, 6.07) is 0.453. The average Bonchev–Trinajstić information content (AvgIpc) is 3.08. The van der Waals surface area contributed by atoms with Gasteiger partial charge in [0.1, 0.15) is 0 Å². The highest BCUT2D eigenvalue weighted by atomic mass is 16.4. The fourth-order valence-electron chi connectivity index (χ4n) is 4.58. The van der Waals surface area contributed by atoms with Gasteiger partial charge in [-0.1, -0.05) is 19.3 Å². The molecule has 2 amide bonds. The molecule has 2 aliphatic carbocycles. The molecule has 1 heterocycles. The van der Waals surface area contributed by atoms with Gasteiger partial charge in [-0.2, -0.15) is 0 Å². The molecule has 2 N–H and O–H groups in total. The van der Waals surface area contributed by atoms with Crippen LogP contribution in [0.15, 0.2) is 0 Å². The summed E-state index contributed by atoms with van der Waals surface area (Å²) < 4.78 is 0. The van der Waals surface area contributed by atoms with Gasteiger partial charge in [0.05, 0.1) is 6.42 Å². The molecule has 3 aliphatic rings. The molecule has 5 nitrogen and oxygen atoms in total. The summed E-state index contributed by atoms with van der Waals surface area (Å²) in [4.78, 5) is 25.5. The number of carboxylic acid groups (broad SMARTS) is 1. The number of rotatable bonds is 4. The van der Waals surface area contributed by atoms with Crippen LogP contribution in [0.1, 0.15) is 57.8 Å². The van der Waals surface area contributed by atoms with Crippen molar-refractivity contribution in [2.75, 3.05) is 13.1 Å². The Bertz CT molecular complexity index is 418. The molecule has 1 aliphatic heterocycles. The van der Waals surface area contributed by atoms with Crippen molar-refractivity contribution < 1.29 is 14.7 Å². The maximum absolute atomic E-state index is 12.4. The van der Waals surface area contributed by atoms with Crippen molar-refractivity contribution in [3.8, 4) is 0 Å². The summed E-state index contributed by atoms with van der Waals surface area (Å²) in [6.45, 7) is 1.41. The number of urea groups is 1. The Kier molecular flexibility index (Phi) is 4.09. The van der Waals surface area contributed by atoms with Crippen LogP contribution in [0.4, 0.5) is 4.79 Å². The molecule has 2 unspecified atom stereocenters. The average molecular weight is 294 g/mol. The smallest absolute Gasteiger partial charge is 0.317 e. The van der Waals surface area contributed by atoms with E-state index in [2.05, 4.69) is 5.32 Å². The third-order valence-corrected chi connectivity index (χ3v) is 5.73. The molecule has 3 fully saturated rings. The fourth-order valence-corrected chi connectivity index (χ4v) is 4.58. The van der Waals surface area contributed by atoms with Gasteiger partial charge in [-0.25, -0.2) is 4.79 Å². The van der Waals surface area contributed by atoms with E-state index in [4.69, 9.17) is 0 Å². The van der Waals surface area contributed by atoms with E-state index in [0.717, 1.165) is 45.1 Å². The summed E-state index contributed by atoms with van der Waals surface area (Å²) in [5, 5.41) is 12.2. The molecule has 21 heavy (non-hydrogen) atoms. The number of piperidine rings is 1. The van der Waals surface area contributed by atoms with Crippen molar-refractivity contribution >= 4 is 12.0 Å². The summed E-state index contributed by atoms with van der Waals surface area (Å²) in [6.07, 6.45) is 8.93. The minimum atomic E-state index is -0.744. The van der Waals surface area contributed by atoms with Crippen LogP contribution >= 0.6 is 0 Å². The number of carbonyl (C=O) groups is 2. The first kappa shape index (κ1) is 14.7. The molecule has 3 rings (SSSR count). The van der Waals surface area contributed by atoms with Crippen LogP contribution in [0, 0.1) is 11.3 Å². The molecule has 0 aromatic carbocycles. The zero-order valence-electron chi connectivity index (χ0n) is 12.6. The van der Waals surface area contributed by atoms with Crippen molar-refractivity contribution in [3.63, 3.8) is 0 Å². The molecule has 1 saturated heterocycles. The number of hydrogen-bond donors (Lipinski definition) is 2. The molecule has 0 radical (unpaired) electrons. The lowest BCUT2D eigenvalue weighted by atomic mass is 9.72. The van der Waals surface area contributed by atoms with E-state index in [9.17, 15) is 14.7 Å². The Morgan fingerprint density at radius 3 is 2.52 bits per heavy atom. The second-order valence-electron chi connectivity index (χ2n) is 7.28. The highest BCUT2D eigenvalue weighted by molar-refractivity contribution is 5.75. The summed E-state index contributed by atoms with van der Waals surface area (Å²) in [7, 11) is 0. The van der Waals surface area contributed by atoms with E-state index in [1.807, 2.05) is 4.90 Å². The van der Waals surface area contributed by atoms with Crippen molar-refractivity contribution in [2.45, 2.75) is 63.8 Å². The second kappa shape index (κ2) is 5.85. The monoisotopic (exact) mass is 294 g/mol. The zero-order valence-corrected chi connectivity index (χ0v) is 12.6. The molecule has 118 valence electrons. The number of nitrogens with one attached hydrogen (secondary N) is 1. The molecule has 0 aromatic rings. The third kappa shape index (κ3) is 3.16. The van der Waals surface area contributed by atoms with Crippen molar-refractivity contribution in [1.82, 2.24) is 10.2 Å². The number of amides is 2. The molecule has 2 bridgehead atoms. The first-order valence-corrected chi connectivity index (χ1v) is 8.34. The first-order valence-electron chi connectivity index (χ1n) is 8.34. The molecule has 0 spiro atoms. The minimum absolute atomic E-state index is 0.0255. The van der Waals surface area contributed by atoms with E-state index in [1.54, 1.807) is 0 Å². The van der Waals surface area contributed by atoms with Gasteiger partial charge in [-0.15, -0.1) is 0 Å². The maximum Gasteiger partial charge on any atom is 0.317 e. The summed E-state index contributed by atoms with van der Waals surface area (Å²) in [5.74, 6) is -0.0465. The topological polar surface area (TPSA) is 69.6 Å². The van der Waals surface area contributed by atoms with Gasteiger partial charge < -0.3 is 15.3 Å². The SMILES string of the molecule is O=C(O)CC1(CNC(=O)N2CC3CCC2C3)CCCCC1. The van der Waals surface area contributed by atoms with Gasteiger partial charge in [0.2, 0.25) is 0 Å². The predicted octanol–water partition coefficient (Wildman–Crippen LogP) is 2.61. The lowest BCUT2D eigenvalue weighted by molar-refractivity contribution is -0.140. The quantitative estimate of drug-likeness (QED) is 0.837. The first-order chi connectivity index (χ1) is 10.1. The Morgan fingerprint density at radius 1 is 1.19 bits per heavy atom. The third-order valence-electron chi connectivity index (χ3n) is 5.73. The lowest BCUT2D eigenvalue weighted by Crippen LogP contribution is -2.48. The standard InChI is InChI=1S/C16H26N2O3/c19-14(20)9-16(6-2-1-3-7-16)11-17-15(21)18-10-12-4-5-13(18)8-12/h12-13H,1-11H2,(H,17,21)(H,19,20). The van der Waals surface area contributed by atoms with E-state index < -0.39 is 5.97 Å². The fraction of sp³-hybridized carbons (Fsp3) is 0.875. The number of carboxylic acids is 1. The highest BCUT2D eigenvalue weighted by Crippen LogP contribution is 2.40. The maximum atomic E-state index is 12.4. The number of carbonyl (C=O) groups excluding carboxylic acids is 1. The highest BCUT2D eigenvalue weighted by Gasteiger charge is 2.41. The largest absolute Gasteiger partial charge is 0.481 e. The van der Waals surface area contributed by atoms with Crippen molar-refractivity contribution in [3.05, 3.63) is 0 Å². The Hall–Kier alpha value is -1.26. The number of hydrogen-bond acceptors (Lipinski definition) is 2. The van der Waals surface area contributed by atoms with Gasteiger partial charge in [0.15, 0.2) is 0 Å². The van der Waals surface area contributed by atoms with E-state index >= 15 is 0 Å². The van der Waals surface area contributed by atoms with Gasteiger partial charge >= 0.3 is 12.0 Å². The van der Waals surface area contributed by atoms with Gasteiger partial charge in [-0.3, -0.25) is 4.79 Å². The van der Waals surface area contributed by atoms with E-state index in [0.29, 0.717) is 18.5 Å². The van der Waals surface area contributed by atoms with Crippen molar-refractivity contribution in [2.24, 2.45) is 11.3 Å². The number of likely N-dealkylation sites (tertiary alicyclic amines) is 1. The van der Waals surface area contributed by atoms with Gasteiger partial charge in [0, 0.05) is 19.1 Å². The number of fused-ring (bicyclic) bond motifs is 2. The zero-order chi connectivity index (χ0) is 14.9. The van der Waals surface area contributed by atoms with Crippen LogP contribution in [0.3, 0.4) is 0 Å². The Labute approximate surface area is 126 Å². The Morgan fingerprint density at radius 2 is 1.95 bits per heavy atom. The molecule has 2 atom stereocenters. The van der Waals surface area contributed by atoms with Crippen LogP contribution in [0.5, 0.6) is 0 Å². The molecule has 2 saturated carbocycles. The lowest BCUT2D eigenvalue weighted by Gasteiger charge is -2.37. The normalized spacial score (nSPS) is 30.4. The summed E-state index contributed by atoms with van der Waals surface area (Å²) in [5.41, 5.74) is -0.224.